The topological polar surface area (TPSA) is 68.9 Å². The fourth-order valence-electron chi connectivity index (χ4n) is 2.33. The van der Waals surface area contributed by atoms with E-state index in [0.717, 1.165) is 11.3 Å². The summed E-state index contributed by atoms with van der Waals surface area (Å²) < 4.78 is 10.9. The van der Waals surface area contributed by atoms with Gasteiger partial charge >= 0.3 is 0 Å². The number of halogens is 2. The van der Waals surface area contributed by atoms with Gasteiger partial charge in [0, 0.05) is 5.69 Å². The number of rotatable bonds is 6. The minimum atomic E-state index is 0. The van der Waals surface area contributed by atoms with Crippen LogP contribution in [0.3, 0.4) is 0 Å². The number of anilines is 1. The molecule has 142 valence electrons. The molecule has 0 aliphatic rings. The number of nitrogens with two attached hydrogens (primary N) is 1. The molecule has 0 atom stereocenters. The number of aryl methyl sites for hydroxylation is 2. The first kappa shape index (κ1) is 22.4. The fourth-order valence-corrected chi connectivity index (χ4v) is 2.62. The van der Waals surface area contributed by atoms with Crippen molar-refractivity contribution in [2.75, 3.05) is 19.0 Å². The molecule has 0 spiro atoms. The van der Waals surface area contributed by atoms with Crippen LogP contribution in [0.15, 0.2) is 35.3 Å². The van der Waals surface area contributed by atoms with Crippen molar-refractivity contribution >= 4 is 47.2 Å². The molecule has 2 rings (SSSR count). The molecule has 7 heteroatoms. The standard InChI is InChI=1S/C19H24ClN3O2.HI/c1-5-25-18-16(20)9-14(10-17(18)24-4)11-22-19(21)23-15-7-6-12(2)13(3)8-15;/h6-10H,5,11H2,1-4H3,(H3,21,22,23);1H. The Morgan fingerprint density at radius 3 is 2.54 bits per heavy atom. The lowest BCUT2D eigenvalue weighted by Crippen LogP contribution is -2.22. The molecule has 0 aromatic heterocycles. The SMILES string of the molecule is CCOc1c(Cl)cc(CN=C(N)Nc2ccc(C)c(C)c2)cc1OC.I. The molecule has 5 nitrogen and oxygen atoms in total. The number of nitrogens with one attached hydrogen (secondary N) is 1. The number of benzene rings is 2. The number of ether oxygens (including phenoxy) is 2. The summed E-state index contributed by atoms with van der Waals surface area (Å²) in [5.41, 5.74) is 10.2. The van der Waals surface area contributed by atoms with Crippen LogP contribution in [0.4, 0.5) is 5.69 Å². The van der Waals surface area contributed by atoms with Crippen LogP contribution >= 0.6 is 35.6 Å². The summed E-state index contributed by atoms with van der Waals surface area (Å²) in [6.45, 7) is 6.92. The normalized spacial score (nSPS) is 10.9. The van der Waals surface area contributed by atoms with Crippen LogP contribution in [0.5, 0.6) is 11.5 Å². The van der Waals surface area contributed by atoms with Crippen LogP contribution in [0.2, 0.25) is 5.02 Å². The molecule has 0 aliphatic carbocycles. The number of hydrogen-bond donors (Lipinski definition) is 2. The Morgan fingerprint density at radius 2 is 1.92 bits per heavy atom. The second-order valence-corrected chi connectivity index (χ2v) is 6.07. The highest BCUT2D eigenvalue weighted by atomic mass is 127. The van der Waals surface area contributed by atoms with Crippen molar-refractivity contribution < 1.29 is 9.47 Å². The van der Waals surface area contributed by atoms with Crippen molar-refractivity contribution in [3.63, 3.8) is 0 Å². The molecule has 0 fully saturated rings. The predicted molar refractivity (Wildman–Crippen MR) is 119 cm³/mol. The lowest BCUT2D eigenvalue weighted by atomic mass is 10.1. The van der Waals surface area contributed by atoms with Crippen molar-refractivity contribution in [3.8, 4) is 11.5 Å². The van der Waals surface area contributed by atoms with Gasteiger partial charge in [0.25, 0.3) is 0 Å². The summed E-state index contributed by atoms with van der Waals surface area (Å²) in [6, 6.07) is 9.71. The number of methoxy groups -OCH3 is 1. The van der Waals surface area contributed by atoms with Gasteiger partial charge < -0.3 is 20.5 Å². The third-order valence-corrected chi connectivity index (χ3v) is 4.07. The lowest BCUT2D eigenvalue weighted by Gasteiger charge is -2.13. The summed E-state index contributed by atoms with van der Waals surface area (Å²) in [4.78, 5) is 4.36. The largest absolute Gasteiger partial charge is 0.493 e. The lowest BCUT2D eigenvalue weighted by molar-refractivity contribution is 0.311. The van der Waals surface area contributed by atoms with Gasteiger partial charge in [-0.2, -0.15) is 0 Å². The molecule has 0 heterocycles. The van der Waals surface area contributed by atoms with Crippen LogP contribution in [0, 0.1) is 13.8 Å². The van der Waals surface area contributed by atoms with E-state index in [1.807, 2.05) is 37.3 Å². The van der Waals surface area contributed by atoms with Crippen molar-refractivity contribution in [1.29, 1.82) is 0 Å². The zero-order valence-corrected chi connectivity index (χ0v) is 18.5. The summed E-state index contributed by atoms with van der Waals surface area (Å²) in [6.07, 6.45) is 0. The summed E-state index contributed by atoms with van der Waals surface area (Å²) in [5, 5.41) is 3.59. The second-order valence-electron chi connectivity index (χ2n) is 5.67. The Balaban J connectivity index is 0.00000338. The highest BCUT2D eigenvalue weighted by molar-refractivity contribution is 14.0. The number of nitrogens with zero attached hydrogens (tertiary/aromatic N) is 1. The fraction of sp³-hybridized carbons (Fsp3) is 0.316. The smallest absolute Gasteiger partial charge is 0.193 e. The van der Waals surface area contributed by atoms with E-state index in [2.05, 4.69) is 24.2 Å². The minimum Gasteiger partial charge on any atom is -0.493 e. The summed E-state index contributed by atoms with van der Waals surface area (Å²) in [7, 11) is 1.58. The molecule has 0 amide bonds. The van der Waals surface area contributed by atoms with E-state index in [1.165, 1.54) is 11.1 Å². The summed E-state index contributed by atoms with van der Waals surface area (Å²) >= 11 is 6.27. The molecule has 26 heavy (non-hydrogen) atoms. The molecule has 0 unspecified atom stereocenters. The molecule has 3 N–H and O–H groups in total. The molecule has 0 bridgehead atoms. The Labute approximate surface area is 177 Å². The van der Waals surface area contributed by atoms with E-state index >= 15 is 0 Å². The third kappa shape index (κ3) is 5.95. The number of guanidine groups is 1. The van der Waals surface area contributed by atoms with Gasteiger partial charge in [0.1, 0.15) is 0 Å². The monoisotopic (exact) mass is 489 g/mol. The van der Waals surface area contributed by atoms with Crippen LogP contribution in [-0.4, -0.2) is 19.7 Å². The van der Waals surface area contributed by atoms with Gasteiger partial charge in [-0.1, -0.05) is 17.7 Å². The Bertz CT molecular complexity index is 782. The average molecular weight is 490 g/mol. The molecule has 2 aromatic carbocycles. The maximum atomic E-state index is 6.27. The minimum absolute atomic E-state index is 0. The molecule has 0 saturated heterocycles. The zero-order valence-electron chi connectivity index (χ0n) is 15.4. The van der Waals surface area contributed by atoms with Gasteiger partial charge in [-0.25, -0.2) is 4.99 Å². The van der Waals surface area contributed by atoms with E-state index in [-0.39, 0.29) is 24.0 Å². The van der Waals surface area contributed by atoms with E-state index in [4.69, 9.17) is 26.8 Å². The number of hydrogen-bond acceptors (Lipinski definition) is 3. The first-order chi connectivity index (χ1) is 11.9. The van der Waals surface area contributed by atoms with Crippen LogP contribution < -0.4 is 20.5 Å². The molecule has 0 saturated carbocycles. The second kappa shape index (κ2) is 10.5. The van der Waals surface area contributed by atoms with Crippen molar-refractivity contribution in [3.05, 3.63) is 52.0 Å². The van der Waals surface area contributed by atoms with Crippen molar-refractivity contribution in [2.24, 2.45) is 10.7 Å². The van der Waals surface area contributed by atoms with Gasteiger partial charge in [0.2, 0.25) is 0 Å². The van der Waals surface area contributed by atoms with E-state index in [0.29, 0.717) is 35.6 Å². The van der Waals surface area contributed by atoms with Gasteiger partial charge in [-0.15, -0.1) is 24.0 Å². The van der Waals surface area contributed by atoms with Crippen LogP contribution in [0.25, 0.3) is 0 Å². The average Bonchev–Trinajstić information content (AvgIpc) is 2.58. The molecule has 0 aliphatic heterocycles. The van der Waals surface area contributed by atoms with Gasteiger partial charge in [0.15, 0.2) is 17.5 Å². The van der Waals surface area contributed by atoms with Crippen LogP contribution in [0.1, 0.15) is 23.6 Å². The maximum absolute atomic E-state index is 6.27. The van der Waals surface area contributed by atoms with E-state index in [1.54, 1.807) is 7.11 Å². The van der Waals surface area contributed by atoms with E-state index < -0.39 is 0 Å². The van der Waals surface area contributed by atoms with Gasteiger partial charge in [-0.3, -0.25) is 0 Å². The highest BCUT2D eigenvalue weighted by Crippen LogP contribution is 2.36. The third-order valence-electron chi connectivity index (χ3n) is 3.79. The zero-order chi connectivity index (χ0) is 18.4. The molecule has 0 radical (unpaired) electrons. The van der Waals surface area contributed by atoms with E-state index in [9.17, 15) is 0 Å². The van der Waals surface area contributed by atoms with Crippen LogP contribution in [-0.2, 0) is 6.54 Å². The van der Waals surface area contributed by atoms with Crippen molar-refractivity contribution in [1.82, 2.24) is 0 Å². The number of aliphatic imine (C=N–C) groups is 1. The Morgan fingerprint density at radius 1 is 1.19 bits per heavy atom. The quantitative estimate of drug-likeness (QED) is 0.344. The Kier molecular flexibility index (Phi) is 9.01. The first-order valence-electron chi connectivity index (χ1n) is 8.08. The maximum Gasteiger partial charge on any atom is 0.193 e. The van der Waals surface area contributed by atoms with Gasteiger partial charge in [-0.05, 0) is 61.7 Å². The molecular weight excluding hydrogens is 465 g/mol. The Hall–Kier alpha value is -1.67. The predicted octanol–water partition coefficient (Wildman–Crippen LogP) is 4.91. The molecular formula is C19H25ClIN3O2. The molecule has 2 aromatic rings. The van der Waals surface area contributed by atoms with Crippen molar-refractivity contribution in [2.45, 2.75) is 27.3 Å². The first-order valence-corrected chi connectivity index (χ1v) is 8.45. The van der Waals surface area contributed by atoms with Gasteiger partial charge in [0.05, 0.1) is 25.3 Å². The summed E-state index contributed by atoms with van der Waals surface area (Å²) in [5.74, 6) is 1.47. The highest BCUT2D eigenvalue weighted by Gasteiger charge is 2.11.